The minimum Gasteiger partial charge on any atom is -0.492 e. The van der Waals surface area contributed by atoms with Crippen molar-refractivity contribution < 1.29 is 14.3 Å². The van der Waals surface area contributed by atoms with E-state index < -0.39 is 0 Å². The first kappa shape index (κ1) is 27.0. The average molecular weight is 538 g/mol. The predicted molar refractivity (Wildman–Crippen MR) is 152 cm³/mol. The topological polar surface area (TPSA) is 117 Å². The largest absolute Gasteiger partial charge is 0.492 e. The van der Waals surface area contributed by atoms with E-state index >= 15 is 0 Å². The third-order valence-corrected chi connectivity index (χ3v) is 7.00. The number of nitrogens with two attached hydrogens (primary N) is 1. The lowest BCUT2D eigenvalue weighted by atomic mass is 9.96. The number of halogens is 1. The molecule has 200 valence electrons. The number of carbonyl (C=O) groups is 2. The second-order valence-corrected chi connectivity index (χ2v) is 9.24. The quantitative estimate of drug-likeness (QED) is 0.482. The first-order valence-electron chi connectivity index (χ1n) is 12.4. The van der Waals surface area contributed by atoms with Gasteiger partial charge >= 0.3 is 0 Å². The molecule has 5 rings (SSSR count). The van der Waals surface area contributed by atoms with Gasteiger partial charge < -0.3 is 30.5 Å². The maximum Gasteiger partial charge on any atom is 0.260 e. The molecule has 3 N–H and O–H groups in total. The van der Waals surface area contributed by atoms with Crippen molar-refractivity contribution in [2.75, 3.05) is 53.8 Å². The van der Waals surface area contributed by atoms with Crippen LogP contribution < -0.4 is 30.5 Å². The third kappa shape index (κ3) is 5.04. The molecule has 0 spiro atoms. The lowest BCUT2D eigenvalue weighted by Gasteiger charge is -2.32. The van der Waals surface area contributed by atoms with Gasteiger partial charge in [0.2, 0.25) is 11.9 Å². The number of hydrogen-bond donors (Lipinski definition) is 2. The van der Waals surface area contributed by atoms with E-state index in [1.54, 1.807) is 18.1 Å². The number of carbonyl (C=O) groups excluding carboxylic acids is 2. The molecule has 3 aromatic rings. The number of nitrogens with one attached hydrogen (secondary N) is 1. The number of rotatable bonds is 6. The van der Waals surface area contributed by atoms with Crippen LogP contribution in [0.1, 0.15) is 30.1 Å². The van der Waals surface area contributed by atoms with E-state index in [9.17, 15) is 9.59 Å². The molecule has 0 aliphatic carbocycles. The Hall–Kier alpha value is -4.05. The molecule has 2 amide bonds. The molecule has 0 atom stereocenters. The third-order valence-electron chi connectivity index (χ3n) is 7.00. The van der Waals surface area contributed by atoms with Crippen molar-refractivity contribution in [2.24, 2.45) is 11.7 Å². The monoisotopic (exact) mass is 537 g/mol. The fourth-order valence-corrected chi connectivity index (χ4v) is 4.89. The fraction of sp³-hybridized carbons (Fsp3) is 0.333. The lowest BCUT2D eigenvalue weighted by molar-refractivity contribution is -0.122. The molecule has 0 saturated carbocycles. The fourth-order valence-electron chi connectivity index (χ4n) is 4.89. The van der Waals surface area contributed by atoms with Crippen molar-refractivity contribution in [3.05, 3.63) is 54.2 Å². The summed E-state index contributed by atoms with van der Waals surface area (Å²) in [4.78, 5) is 39.5. The highest BCUT2D eigenvalue weighted by Gasteiger charge is 2.29. The molecular weight excluding hydrogens is 506 g/mol. The van der Waals surface area contributed by atoms with Gasteiger partial charge in [-0.2, -0.15) is 4.98 Å². The number of hydrogen-bond acceptors (Lipinski definition) is 8. The Bertz CT molecular complexity index is 1340. The zero-order valence-corrected chi connectivity index (χ0v) is 22.5. The van der Waals surface area contributed by atoms with Crippen LogP contribution >= 0.6 is 12.4 Å². The van der Waals surface area contributed by atoms with Gasteiger partial charge in [-0.05, 0) is 44.0 Å². The number of fused-ring (bicyclic) bond motifs is 2. The zero-order valence-electron chi connectivity index (χ0n) is 21.7. The van der Waals surface area contributed by atoms with E-state index in [1.165, 1.54) is 0 Å². The van der Waals surface area contributed by atoms with Crippen molar-refractivity contribution in [3.8, 4) is 5.75 Å². The number of benzene rings is 2. The SMILES string of the molecule is CCOc1cc(N2CCC(C(N)=O)CC2)ccc1Nc1ncc2c(n1)N(C)c1ccccc1C(=O)N2C.Cl. The molecule has 0 bridgehead atoms. The van der Waals surface area contributed by atoms with Crippen LogP contribution in [0.2, 0.25) is 0 Å². The van der Waals surface area contributed by atoms with Crippen molar-refractivity contribution in [1.29, 1.82) is 0 Å². The molecule has 38 heavy (non-hydrogen) atoms. The van der Waals surface area contributed by atoms with Crippen molar-refractivity contribution in [1.82, 2.24) is 9.97 Å². The Morgan fingerprint density at radius 2 is 1.84 bits per heavy atom. The van der Waals surface area contributed by atoms with Gasteiger partial charge in [-0.1, -0.05) is 12.1 Å². The van der Waals surface area contributed by atoms with Gasteiger partial charge in [0.1, 0.15) is 11.4 Å². The van der Waals surface area contributed by atoms with E-state index in [1.807, 2.05) is 61.3 Å². The van der Waals surface area contributed by atoms with Crippen LogP contribution in [-0.2, 0) is 4.79 Å². The van der Waals surface area contributed by atoms with Crippen LogP contribution in [-0.4, -0.2) is 55.6 Å². The van der Waals surface area contributed by atoms with Crippen LogP contribution in [0.4, 0.5) is 34.5 Å². The van der Waals surface area contributed by atoms with Gasteiger partial charge in [0.25, 0.3) is 5.91 Å². The Morgan fingerprint density at radius 1 is 1.11 bits per heavy atom. The molecule has 1 fully saturated rings. The van der Waals surface area contributed by atoms with Crippen molar-refractivity contribution in [2.45, 2.75) is 19.8 Å². The summed E-state index contributed by atoms with van der Waals surface area (Å²) in [6.45, 7) is 3.96. The summed E-state index contributed by atoms with van der Waals surface area (Å²) in [7, 11) is 3.62. The van der Waals surface area contributed by atoms with E-state index in [2.05, 4.69) is 15.2 Å². The van der Waals surface area contributed by atoms with Gasteiger partial charge in [-0.3, -0.25) is 9.59 Å². The number of primary amides is 1. The van der Waals surface area contributed by atoms with Crippen LogP contribution in [0.15, 0.2) is 48.7 Å². The first-order chi connectivity index (χ1) is 17.9. The zero-order chi connectivity index (χ0) is 26.1. The Labute approximate surface area is 228 Å². The van der Waals surface area contributed by atoms with E-state index in [0.717, 1.165) is 43.0 Å². The van der Waals surface area contributed by atoms with Crippen molar-refractivity contribution in [3.63, 3.8) is 0 Å². The summed E-state index contributed by atoms with van der Waals surface area (Å²) in [5.41, 5.74) is 9.25. The number of amides is 2. The van der Waals surface area contributed by atoms with Crippen LogP contribution in [0, 0.1) is 5.92 Å². The van der Waals surface area contributed by atoms with Gasteiger partial charge in [-0.25, -0.2) is 4.98 Å². The summed E-state index contributed by atoms with van der Waals surface area (Å²) >= 11 is 0. The Morgan fingerprint density at radius 3 is 2.55 bits per heavy atom. The number of nitrogens with zero attached hydrogens (tertiary/aromatic N) is 5. The molecule has 2 aliphatic heterocycles. The summed E-state index contributed by atoms with van der Waals surface area (Å²) in [6, 6.07) is 13.4. The molecule has 0 radical (unpaired) electrons. The molecule has 11 heteroatoms. The maximum absolute atomic E-state index is 13.0. The Kier molecular flexibility index (Phi) is 7.91. The molecule has 1 saturated heterocycles. The first-order valence-corrected chi connectivity index (χ1v) is 12.4. The number of piperidine rings is 1. The van der Waals surface area contributed by atoms with Gasteiger partial charge in [0.05, 0.1) is 29.7 Å². The Balaban J connectivity index is 0.00000336. The second kappa shape index (κ2) is 11.1. The van der Waals surface area contributed by atoms with E-state index in [4.69, 9.17) is 15.5 Å². The standard InChI is InChI=1S/C27H31N7O3.ClH/c1-4-37-23-15-18(34-13-11-17(12-14-34)24(28)35)9-10-20(23)30-27-29-16-22-25(31-27)32(2)21-8-6-5-7-19(21)26(36)33(22)3;/h5-10,15-17H,4,11-14H2,1-3H3,(H2,28,35)(H,29,30,31);1H. The smallest absolute Gasteiger partial charge is 0.260 e. The average Bonchev–Trinajstić information content (AvgIpc) is 2.99. The predicted octanol–water partition coefficient (Wildman–Crippen LogP) is 4.10. The van der Waals surface area contributed by atoms with Gasteiger partial charge in [0.15, 0.2) is 5.82 Å². The van der Waals surface area contributed by atoms with Gasteiger partial charge in [0, 0.05) is 44.9 Å². The van der Waals surface area contributed by atoms with Crippen LogP contribution in [0.3, 0.4) is 0 Å². The highest BCUT2D eigenvalue weighted by molar-refractivity contribution is 6.13. The minimum atomic E-state index is -0.223. The molecule has 10 nitrogen and oxygen atoms in total. The summed E-state index contributed by atoms with van der Waals surface area (Å²) in [6.07, 6.45) is 3.15. The number of anilines is 6. The summed E-state index contributed by atoms with van der Waals surface area (Å²) < 4.78 is 5.95. The highest BCUT2D eigenvalue weighted by Crippen LogP contribution is 2.39. The normalized spacial score (nSPS) is 15.2. The van der Waals surface area contributed by atoms with E-state index in [-0.39, 0.29) is 30.1 Å². The van der Waals surface area contributed by atoms with Crippen LogP contribution in [0.25, 0.3) is 0 Å². The number of para-hydroxylation sites is 1. The van der Waals surface area contributed by atoms with Crippen molar-refractivity contribution >= 4 is 58.7 Å². The number of ether oxygens (including phenoxy) is 1. The molecule has 0 unspecified atom stereocenters. The second-order valence-electron chi connectivity index (χ2n) is 9.24. The van der Waals surface area contributed by atoms with Crippen LogP contribution in [0.5, 0.6) is 5.75 Å². The lowest BCUT2D eigenvalue weighted by Crippen LogP contribution is -2.38. The highest BCUT2D eigenvalue weighted by atomic mass is 35.5. The minimum absolute atomic E-state index is 0. The molecule has 2 aromatic carbocycles. The molecule has 3 heterocycles. The molecule has 2 aliphatic rings. The van der Waals surface area contributed by atoms with E-state index in [0.29, 0.717) is 35.4 Å². The molecule has 1 aromatic heterocycles. The number of aromatic nitrogens is 2. The maximum atomic E-state index is 13.0. The summed E-state index contributed by atoms with van der Waals surface area (Å²) in [5, 5.41) is 3.29. The van der Waals surface area contributed by atoms with Gasteiger partial charge in [-0.15, -0.1) is 12.4 Å². The summed E-state index contributed by atoms with van der Waals surface area (Å²) in [5.74, 6) is 1.29. The molecular formula is C27H32ClN7O3.